The van der Waals surface area contributed by atoms with Crippen molar-refractivity contribution in [1.29, 1.82) is 0 Å². The Hall–Kier alpha value is -2.27. The fourth-order valence-corrected chi connectivity index (χ4v) is 6.68. The number of unbranched alkanes of at least 4 members (excludes halogenated alkanes) is 17. The molecular weight excluding hydrogens is 757 g/mol. The van der Waals surface area contributed by atoms with E-state index < -0.39 is 32.5 Å². The summed E-state index contributed by atoms with van der Waals surface area (Å²) < 4.78 is 33.8. The first-order valence-corrected chi connectivity index (χ1v) is 24.1. The van der Waals surface area contributed by atoms with Crippen LogP contribution in [0.3, 0.4) is 0 Å². The van der Waals surface area contributed by atoms with Gasteiger partial charge in [0.2, 0.25) is 0 Å². The lowest BCUT2D eigenvalue weighted by Gasteiger charge is -2.28. The number of esters is 2. The summed E-state index contributed by atoms with van der Waals surface area (Å²) in [6, 6.07) is 0. The zero-order valence-corrected chi connectivity index (χ0v) is 38.2. The van der Waals surface area contributed by atoms with Gasteiger partial charge < -0.3 is 32.8 Å². The van der Waals surface area contributed by atoms with Gasteiger partial charge in [0.25, 0.3) is 7.82 Å². The van der Waals surface area contributed by atoms with Crippen LogP contribution in [0.4, 0.5) is 0 Å². The van der Waals surface area contributed by atoms with Gasteiger partial charge in [0, 0.05) is 19.3 Å². The van der Waals surface area contributed by atoms with Crippen LogP contribution in [0.15, 0.2) is 48.3 Å². The van der Waals surface area contributed by atoms with Gasteiger partial charge in [-0.1, -0.05) is 153 Å². The summed E-state index contributed by atoms with van der Waals surface area (Å²) in [5, 5.41) is 8.99. The third kappa shape index (κ3) is 40.5. The highest BCUT2D eigenvalue weighted by Gasteiger charge is 2.21. The second kappa shape index (κ2) is 38.9. The highest BCUT2D eigenvalue weighted by molar-refractivity contribution is 7.45. The summed E-state index contributed by atoms with van der Waals surface area (Å²) in [5.41, 5.74) is 0. The molecule has 0 rings (SSSR count). The SMILES string of the molecule is CCCCCCCCCCCCCCCCCC(=O)OC[C@H](COP(=O)([O-])OCC[N+](C)(C)C)OC(=O)CCC/C=C\C/C=C\C/C=C\C/C=C(/CCCCC)OO. The molecule has 0 fully saturated rings. The summed E-state index contributed by atoms with van der Waals surface area (Å²) in [6.07, 6.45) is 39.6. The highest BCUT2D eigenvalue weighted by Crippen LogP contribution is 2.38. The second-order valence-corrected chi connectivity index (χ2v) is 17.7. The van der Waals surface area contributed by atoms with Crippen molar-refractivity contribution < 1.29 is 52.2 Å². The van der Waals surface area contributed by atoms with Gasteiger partial charge in [0.15, 0.2) is 6.10 Å². The lowest BCUT2D eigenvalue weighted by atomic mass is 10.0. The molecule has 0 aromatic carbocycles. The maximum Gasteiger partial charge on any atom is 0.306 e. The highest BCUT2D eigenvalue weighted by atomic mass is 31.2. The minimum atomic E-state index is -4.65. The Labute approximate surface area is 353 Å². The van der Waals surface area contributed by atoms with Gasteiger partial charge in [-0.15, -0.1) is 0 Å². The Bertz CT molecular complexity index is 1160. The maximum atomic E-state index is 12.7. The van der Waals surface area contributed by atoms with Crippen molar-refractivity contribution >= 4 is 19.8 Å². The predicted octanol–water partition coefficient (Wildman–Crippen LogP) is 11.9. The van der Waals surface area contributed by atoms with Crippen molar-refractivity contribution in [3.8, 4) is 0 Å². The number of rotatable bonds is 41. The van der Waals surface area contributed by atoms with Gasteiger partial charge in [-0.2, -0.15) is 0 Å². The molecule has 1 N–H and O–H groups in total. The number of carbonyl (C=O) groups excluding carboxylic acids is 2. The van der Waals surface area contributed by atoms with Crippen molar-refractivity contribution in [3.05, 3.63) is 48.3 Å². The average molecular weight is 842 g/mol. The lowest BCUT2D eigenvalue weighted by molar-refractivity contribution is -0.870. The van der Waals surface area contributed by atoms with Gasteiger partial charge in [0.05, 0.1) is 27.7 Å². The van der Waals surface area contributed by atoms with Crippen molar-refractivity contribution in [2.45, 2.75) is 187 Å². The van der Waals surface area contributed by atoms with Crippen molar-refractivity contribution in [1.82, 2.24) is 0 Å². The number of ether oxygens (including phenoxy) is 2. The van der Waals surface area contributed by atoms with E-state index in [0.29, 0.717) is 42.5 Å². The first-order valence-electron chi connectivity index (χ1n) is 22.6. The van der Waals surface area contributed by atoms with Crippen LogP contribution in [0.1, 0.15) is 181 Å². The zero-order valence-electron chi connectivity index (χ0n) is 37.3. The summed E-state index contributed by atoms with van der Waals surface area (Å²) in [7, 11) is 1.09. The molecule has 12 heteroatoms. The second-order valence-electron chi connectivity index (χ2n) is 16.3. The Morgan fingerprint density at radius 2 is 1.10 bits per heavy atom. The summed E-state index contributed by atoms with van der Waals surface area (Å²) in [5.74, 6) is -0.315. The molecule has 0 spiro atoms. The molecule has 0 aliphatic heterocycles. The monoisotopic (exact) mass is 842 g/mol. The average Bonchev–Trinajstić information content (AvgIpc) is 3.17. The molecular formula is C46H84NO10P. The van der Waals surface area contributed by atoms with E-state index in [1.54, 1.807) is 0 Å². The Kier molecular flexibility index (Phi) is 37.4. The van der Waals surface area contributed by atoms with E-state index in [1.807, 2.05) is 45.4 Å². The van der Waals surface area contributed by atoms with Gasteiger partial charge in [-0.3, -0.25) is 14.2 Å². The van der Waals surface area contributed by atoms with Crippen LogP contribution in [0.25, 0.3) is 0 Å². The quantitative estimate of drug-likeness (QED) is 0.00924. The Balaban J connectivity index is 4.51. The van der Waals surface area contributed by atoms with E-state index in [4.69, 9.17) is 23.8 Å². The Morgan fingerprint density at radius 1 is 0.621 bits per heavy atom. The summed E-state index contributed by atoms with van der Waals surface area (Å²) in [6.45, 7) is 4.00. The van der Waals surface area contributed by atoms with Crippen LogP contribution >= 0.6 is 7.82 Å². The van der Waals surface area contributed by atoms with E-state index >= 15 is 0 Å². The smallest absolute Gasteiger partial charge is 0.306 e. The van der Waals surface area contributed by atoms with Crippen LogP contribution in [0, 0.1) is 0 Å². The molecule has 0 radical (unpaired) electrons. The molecule has 0 bridgehead atoms. The number of carbonyl (C=O) groups is 2. The largest absolute Gasteiger partial charge is 0.756 e. The van der Waals surface area contributed by atoms with Crippen LogP contribution in [0.2, 0.25) is 0 Å². The number of hydrogen-bond donors (Lipinski definition) is 1. The summed E-state index contributed by atoms with van der Waals surface area (Å²) >= 11 is 0. The van der Waals surface area contributed by atoms with E-state index in [1.165, 1.54) is 77.0 Å². The van der Waals surface area contributed by atoms with Gasteiger partial charge in [-0.25, -0.2) is 5.26 Å². The maximum absolute atomic E-state index is 12.7. The molecule has 2 atom stereocenters. The van der Waals surface area contributed by atoms with E-state index in [2.05, 4.69) is 37.0 Å². The lowest BCUT2D eigenvalue weighted by Crippen LogP contribution is -2.37. The normalized spacial score (nSPS) is 14.1. The fraction of sp³-hybridized carbons (Fsp3) is 0.783. The molecule has 11 nitrogen and oxygen atoms in total. The van der Waals surface area contributed by atoms with Crippen molar-refractivity contribution in [2.75, 3.05) is 47.5 Å². The topological polar surface area (TPSA) is 141 Å². The third-order valence-corrected chi connectivity index (χ3v) is 10.5. The van der Waals surface area contributed by atoms with E-state index in [0.717, 1.165) is 51.4 Å². The number of hydrogen-bond acceptors (Lipinski definition) is 10. The van der Waals surface area contributed by atoms with E-state index in [9.17, 15) is 19.0 Å². The number of nitrogens with zero attached hydrogens (tertiary/aromatic N) is 1. The van der Waals surface area contributed by atoms with Crippen molar-refractivity contribution in [3.63, 3.8) is 0 Å². The summed E-state index contributed by atoms with van der Waals surface area (Å²) in [4.78, 5) is 42.0. The minimum absolute atomic E-state index is 0.0521. The standard InChI is InChI=1S/C46H84NO10P/c1-6-8-10-11-12-13-14-15-16-17-20-23-26-29-33-37-45(48)53-41-44(42-55-58(51,52)54-40-39-47(3,4)5)56-46(49)38-34-30-27-24-21-18-19-22-25-28-32-36-43(57-50)35-31-9-7-2/h18-19,24-25,27-28,36,44H,6-17,20-23,26,29-35,37-42H2,1-5H3,(H-,50,51,52)/b19-18-,27-24-,28-25-,43-36-/t44-/m1/s1. The fourth-order valence-electron chi connectivity index (χ4n) is 5.95. The molecule has 0 saturated heterocycles. The third-order valence-electron chi connectivity index (χ3n) is 9.56. The van der Waals surface area contributed by atoms with Gasteiger partial charge in [0.1, 0.15) is 25.5 Å². The van der Waals surface area contributed by atoms with Gasteiger partial charge in [-0.05, 0) is 51.0 Å². The van der Waals surface area contributed by atoms with Gasteiger partial charge >= 0.3 is 11.9 Å². The zero-order chi connectivity index (χ0) is 43.0. The molecule has 338 valence electrons. The number of quaternary nitrogens is 1. The van der Waals surface area contributed by atoms with Crippen molar-refractivity contribution in [2.24, 2.45) is 0 Å². The molecule has 0 saturated carbocycles. The first-order chi connectivity index (χ1) is 27.9. The van der Waals surface area contributed by atoms with Crippen LogP contribution in [-0.2, 0) is 37.6 Å². The number of phosphoric ester groups is 1. The van der Waals surface area contributed by atoms with Crippen LogP contribution in [-0.4, -0.2) is 75.3 Å². The number of allylic oxidation sites excluding steroid dienone is 8. The molecule has 1 unspecified atom stereocenters. The molecule has 0 aromatic rings. The molecule has 58 heavy (non-hydrogen) atoms. The molecule has 0 amide bonds. The first kappa shape index (κ1) is 55.7. The number of likely N-dealkylation sites (N-methyl/N-ethyl adjacent to an activating group) is 1. The number of phosphoric acid groups is 1. The van der Waals surface area contributed by atoms with E-state index in [-0.39, 0.29) is 26.1 Å². The van der Waals surface area contributed by atoms with Crippen LogP contribution < -0.4 is 4.89 Å². The predicted molar refractivity (Wildman–Crippen MR) is 234 cm³/mol. The van der Waals surface area contributed by atoms with Crippen LogP contribution in [0.5, 0.6) is 0 Å². The Morgan fingerprint density at radius 3 is 1.66 bits per heavy atom. The molecule has 0 aliphatic rings. The molecule has 0 aliphatic carbocycles. The molecule has 0 heterocycles. The molecule has 0 aromatic heterocycles. The minimum Gasteiger partial charge on any atom is -0.756 e.